The van der Waals surface area contributed by atoms with Gasteiger partial charge in [0.25, 0.3) is 5.91 Å². The number of para-hydroxylation sites is 1. The third-order valence-corrected chi connectivity index (χ3v) is 5.77. The van der Waals surface area contributed by atoms with E-state index in [2.05, 4.69) is 16.2 Å². The molecule has 1 aliphatic rings. The van der Waals surface area contributed by atoms with Crippen LogP contribution in [0.25, 0.3) is 16.8 Å². The van der Waals surface area contributed by atoms with Gasteiger partial charge in [-0.1, -0.05) is 30.3 Å². The molecule has 0 saturated carbocycles. The second kappa shape index (κ2) is 8.08. The second-order valence-electron chi connectivity index (χ2n) is 7.72. The quantitative estimate of drug-likeness (QED) is 0.485. The molecule has 0 unspecified atom stereocenters. The lowest BCUT2D eigenvalue weighted by atomic mass is 10.1. The van der Waals surface area contributed by atoms with Crippen LogP contribution in [0, 0.1) is 12.3 Å². The highest BCUT2D eigenvalue weighted by molar-refractivity contribution is 5.93. The number of benzene rings is 2. The van der Waals surface area contributed by atoms with E-state index in [1.54, 1.807) is 11.1 Å². The third-order valence-electron chi connectivity index (χ3n) is 5.77. The Balaban J connectivity index is 1.55. The molecule has 1 fully saturated rings. The fourth-order valence-corrected chi connectivity index (χ4v) is 4.28. The number of nitrogens with two attached hydrogens (primary N) is 1. The molecule has 0 bridgehead atoms. The van der Waals surface area contributed by atoms with Crippen molar-refractivity contribution >= 4 is 28.6 Å². The van der Waals surface area contributed by atoms with E-state index in [1.807, 2.05) is 65.2 Å². The number of carbonyl (C=O) groups excluding carboxylic acids is 1. The molecule has 4 aromatic rings. The maximum absolute atomic E-state index is 12.3. The highest BCUT2D eigenvalue weighted by atomic mass is 16.2. The lowest BCUT2D eigenvalue weighted by Gasteiger charge is -2.21. The largest absolute Gasteiger partial charge is 0.382 e. The van der Waals surface area contributed by atoms with Crippen molar-refractivity contribution in [1.82, 2.24) is 19.3 Å². The van der Waals surface area contributed by atoms with Crippen LogP contribution in [0.3, 0.4) is 0 Å². The van der Waals surface area contributed by atoms with Gasteiger partial charge in [0.1, 0.15) is 22.9 Å². The Bertz CT molecular complexity index is 1320. The van der Waals surface area contributed by atoms with E-state index in [0.29, 0.717) is 12.4 Å². The van der Waals surface area contributed by atoms with Crippen molar-refractivity contribution in [2.45, 2.75) is 18.9 Å². The lowest BCUT2D eigenvalue weighted by molar-refractivity contribution is -0.126. The van der Waals surface area contributed by atoms with Gasteiger partial charge in [0.2, 0.25) is 0 Å². The topological polar surface area (TPSA) is 88.5 Å². The number of amides is 1. The first-order chi connectivity index (χ1) is 15.7. The van der Waals surface area contributed by atoms with Gasteiger partial charge in [0.15, 0.2) is 0 Å². The molecule has 32 heavy (non-hydrogen) atoms. The normalized spacial score (nSPS) is 15.6. The fraction of sp³-hybridized carbons (Fsp3) is 0.160. The minimum Gasteiger partial charge on any atom is -0.382 e. The number of rotatable bonds is 4. The smallest absolute Gasteiger partial charge is 0.298 e. The van der Waals surface area contributed by atoms with Gasteiger partial charge in [-0.3, -0.25) is 9.20 Å². The van der Waals surface area contributed by atoms with E-state index in [9.17, 15) is 4.79 Å². The molecule has 7 nitrogen and oxygen atoms in total. The zero-order valence-corrected chi connectivity index (χ0v) is 17.4. The van der Waals surface area contributed by atoms with Crippen molar-refractivity contribution < 1.29 is 4.79 Å². The summed E-state index contributed by atoms with van der Waals surface area (Å²) in [4.78, 5) is 23.2. The molecule has 2 aromatic carbocycles. The molecule has 1 amide bonds. The van der Waals surface area contributed by atoms with Crippen molar-refractivity contribution in [3.05, 3.63) is 72.8 Å². The van der Waals surface area contributed by atoms with Gasteiger partial charge in [0, 0.05) is 35.9 Å². The van der Waals surface area contributed by atoms with Crippen molar-refractivity contribution in [2.75, 3.05) is 17.6 Å². The van der Waals surface area contributed by atoms with Crippen LogP contribution in [0.4, 0.5) is 17.2 Å². The molecule has 0 spiro atoms. The molecule has 1 saturated heterocycles. The summed E-state index contributed by atoms with van der Waals surface area (Å²) in [6.45, 7) is 0.623. The number of fused-ring (bicyclic) bond motifs is 1. The van der Waals surface area contributed by atoms with Gasteiger partial charge in [-0.05, 0) is 43.0 Å². The summed E-state index contributed by atoms with van der Waals surface area (Å²) in [5.41, 5.74) is 10.6. The van der Waals surface area contributed by atoms with Crippen LogP contribution in [0.1, 0.15) is 24.7 Å². The van der Waals surface area contributed by atoms with Crippen LogP contribution in [-0.4, -0.2) is 31.7 Å². The van der Waals surface area contributed by atoms with E-state index < -0.39 is 0 Å². The number of hydrogen-bond donors (Lipinski definition) is 2. The minimum absolute atomic E-state index is 0.194. The van der Waals surface area contributed by atoms with Gasteiger partial charge in [-0.2, -0.15) is 0 Å². The van der Waals surface area contributed by atoms with E-state index >= 15 is 0 Å². The maximum atomic E-state index is 12.3. The molecule has 2 aromatic heterocycles. The monoisotopic (exact) mass is 422 g/mol. The minimum atomic E-state index is -0.316. The van der Waals surface area contributed by atoms with Crippen LogP contribution in [0.5, 0.6) is 0 Å². The maximum Gasteiger partial charge on any atom is 0.298 e. The number of anilines is 3. The summed E-state index contributed by atoms with van der Waals surface area (Å²) in [5, 5.41) is 3.38. The number of aromatic nitrogens is 3. The Kier molecular flexibility index (Phi) is 4.96. The molecule has 5 rings (SSSR count). The number of likely N-dealkylation sites (tertiary alicyclic amines) is 1. The van der Waals surface area contributed by atoms with Gasteiger partial charge >= 0.3 is 0 Å². The molecule has 3 N–H and O–H groups in total. The first kappa shape index (κ1) is 19.6. The zero-order valence-electron chi connectivity index (χ0n) is 17.4. The Morgan fingerprint density at radius 1 is 1.12 bits per heavy atom. The number of hydrogen-bond acceptors (Lipinski definition) is 5. The molecular weight excluding hydrogens is 400 g/mol. The SMILES string of the molecule is C#CC(=O)N1CCC[C@H]1c1nc(-c2ccc(Nc3ccccc3)cc2)c2c(N)nccn12. The molecule has 7 heteroatoms. The zero-order chi connectivity index (χ0) is 22.1. The van der Waals surface area contributed by atoms with Crippen LogP contribution in [-0.2, 0) is 4.79 Å². The first-order valence-electron chi connectivity index (χ1n) is 10.5. The number of nitrogens with zero attached hydrogens (tertiary/aromatic N) is 4. The summed E-state index contributed by atoms with van der Waals surface area (Å²) in [6, 6.07) is 17.8. The van der Waals surface area contributed by atoms with Crippen molar-refractivity contribution in [1.29, 1.82) is 0 Å². The third kappa shape index (κ3) is 3.42. The van der Waals surface area contributed by atoms with E-state index in [4.69, 9.17) is 17.1 Å². The van der Waals surface area contributed by atoms with E-state index in [-0.39, 0.29) is 11.9 Å². The molecule has 3 heterocycles. The number of nitrogen functional groups attached to an aromatic ring is 1. The Hall–Kier alpha value is -4.31. The summed E-state index contributed by atoms with van der Waals surface area (Å²) < 4.78 is 1.93. The number of carbonyl (C=O) groups is 1. The Labute approximate surface area is 185 Å². The van der Waals surface area contributed by atoms with Crippen molar-refractivity contribution in [3.8, 4) is 23.6 Å². The average molecular weight is 422 g/mol. The number of imidazole rings is 1. The average Bonchev–Trinajstić information content (AvgIpc) is 3.45. The molecule has 1 aliphatic heterocycles. The fourth-order valence-electron chi connectivity index (χ4n) is 4.28. The van der Waals surface area contributed by atoms with Gasteiger partial charge < -0.3 is 16.0 Å². The van der Waals surface area contributed by atoms with Crippen LogP contribution in [0.2, 0.25) is 0 Å². The summed E-state index contributed by atoms with van der Waals surface area (Å²) in [5.74, 6) is 3.06. The van der Waals surface area contributed by atoms with Crippen LogP contribution in [0.15, 0.2) is 67.0 Å². The van der Waals surface area contributed by atoms with Gasteiger partial charge in [-0.25, -0.2) is 9.97 Å². The van der Waals surface area contributed by atoms with Crippen LogP contribution < -0.4 is 11.1 Å². The Morgan fingerprint density at radius 2 is 1.88 bits per heavy atom. The standard InChI is InChI=1S/C25H22N6O/c1-2-21(32)30-15-6-9-20(30)25-29-22(23-24(26)27-14-16-31(23)25)17-10-12-19(13-11-17)28-18-7-4-3-5-8-18/h1,3-5,7-8,10-14,16,20,28H,6,9,15H2,(H2,26,27)/t20-/m0/s1. The molecule has 158 valence electrons. The molecule has 1 atom stereocenters. The second-order valence-corrected chi connectivity index (χ2v) is 7.72. The first-order valence-corrected chi connectivity index (χ1v) is 10.5. The van der Waals surface area contributed by atoms with Crippen molar-refractivity contribution in [2.24, 2.45) is 0 Å². The molecular formula is C25H22N6O. The highest BCUT2D eigenvalue weighted by Gasteiger charge is 2.33. The molecule has 0 aliphatic carbocycles. The highest BCUT2D eigenvalue weighted by Crippen LogP contribution is 2.36. The Morgan fingerprint density at radius 3 is 2.62 bits per heavy atom. The predicted molar refractivity (Wildman–Crippen MR) is 125 cm³/mol. The molecule has 0 radical (unpaired) electrons. The van der Waals surface area contributed by atoms with Crippen molar-refractivity contribution in [3.63, 3.8) is 0 Å². The van der Waals surface area contributed by atoms with Gasteiger partial charge in [-0.15, -0.1) is 6.42 Å². The lowest BCUT2D eigenvalue weighted by Crippen LogP contribution is -2.30. The predicted octanol–water partition coefficient (Wildman–Crippen LogP) is 4.02. The summed E-state index contributed by atoms with van der Waals surface area (Å²) in [6.07, 6.45) is 10.5. The number of terminal acetylenes is 1. The van der Waals surface area contributed by atoms with Gasteiger partial charge in [0.05, 0.1) is 6.04 Å². The summed E-state index contributed by atoms with van der Waals surface area (Å²) in [7, 11) is 0. The summed E-state index contributed by atoms with van der Waals surface area (Å²) >= 11 is 0. The van der Waals surface area contributed by atoms with Crippen LogP contribution >= 0.6 is 0 Å². The van der Waals surface area contributed by atoms with E-state index in [0.717, 1.165) is 46.8 Å². The number of nitrogens with one attached hydrogen (secondary N) is 1. The van der Waals surface area contributed by atoms with E-state index in [1.165, 1.54) is 0 Å².